The molecular formula is C14H29NO. The summed E-state index contributed by atoms with van der Waals surface area (Å²) >= 11 is 0. The third-order valence-electron chi connectivity index (χ3n) is 2.87. The molecule has 16 heavy (non-hydrogen) atoms. The van der Waals surface area contributed by atoms with Crippen LogP contribution in [0.1, 0.15) is 71.1 Å². The van der Waals surface area contributed by atoms with E-state index in [-0.39, 0.29) is 0 Å². The molecule has 0 aliphatic rings. The van der Waals surface area contributed by atoms with Gasteiger partial charge in [0, 0.05) is 12.7 Å². The van der Waals surface area contributed by atoms with Crippen LogP contribution in [0.4, 0.5) is 0 Å². The molecule has 0 atom stereocenters. The van der Waals surface area contributed by atoms with Crippen LogP contribution in [0.25, 0.3) is 0 Å². The zero-order valence-corrected chi connectivity index (χ0v) is 10.9. The molecule has 0 spiro atoms. The first kappa shape index (κ1) is 15.3. The van der Waals surface area contributed by atoms with Crippen LogP contribution in [-0.4, -0.2) is 11.7 Å². The van der Waals surface area contributed by atoms with Crippen LogP contribution >= 0.6 is 0 Å². The first-order chi connectivity index (χ1) is 7.91. The minimum Gasteiger partial charge on any atom is -0.514 e. The SMILES string of the molecule is CCCCCCCCCCCCNC=CO. The van der Waals surface area contributed by atoms with Crippen molar-refractivity contribution >= 4 is 0 Å². The van der Waals surface area contributed by atoms with Gasteiger partial charge in [0.25, 0.3) is 0 Å². The minimum absolute atomic E-state index is 0.980. The van der Waals surface area contributed by atoms with Gasteiger partial charge in [0.1, 0.15) is 0 Å². The average molecular weight is 227 g/mol. The molecule has 0 radical (unpaired) electrons. The van der Waals surface area contributed by atoms with Crippen LogP contribution in [0.3, 0.4) is 0 Å². The lowest BCUT2D eigenvalue weighted by atomic mass is 10.1. The van der Waals surface area contributed by atoms with E-state index in [1.54, 1.807) is 6.20 Å². The molecule has 0 bridgehead atoms. The average Bonchev–Trinajstić information content (AvgIpc) is 2.31. The van der Waals surface area contributed by atoms with Crippen molar-refractivity contribution in [2.75, 3.05) is 6.54 Å². The molecule has 2 nitrogen and oxygen atoms in total. The molecule has 0 saturated heterocycles. The van der Waals surface area contributed by atoms with Crippen molar-refractivity contribution < 1.29 is 5.11 Å². The van der Waals surface area contributed by atoms with Gasteiger partial charge in [0.2, 0.25) is 0 Å². The molecule has 0 amide bonds. The highest BCUT2D eigenvalue weighted by Crippen LogP contribution is 2.10. The lowest BCUT2D eigenvalue weighted by molar-refractivity contribution is 0.467. The van der Waals surface area contributed by atoms with Gasteiger partial charge in [-0.1, -0.05) is 64.7 Å². The summed E-state index contributed by atoms with van der Waals surface area (Å²) in [5, 5.41) is 11.4. The van der Waals surface area contributed by atoms with E-state index in [9.17, 15) is 0 Å². The quantitative estimate of drug-likeness (QED) is 0.379. The molecule has 0 saturated carbocycles. The summed E-state index contributed by atoms with van der Waals surface area (Å²) in [4.78, 5) is 0. The Bertz CT molecular complexity index is 146. The second-order valence-corrected chi connectivity index (χ2v) is 4.45. The van der Waals surface area contributed by atoms with E-state index < -0.39 is 0 Å². The van der Waals surface area contributed by atoms with E-state index >= 15 is 0 Å². The number of hydrogen-bond donors (Lipinski definition) is 2. The number of hydrogen-bond acceptors (Lipinski definition) is 2. The van der Waals surface area contributed by atoms with E-state index in [2.05, 4.69) is 12.2 Å². The predicted molar refractivity (Wildman–Crippen MR) is 71.6 cm³/mol. The Hall–Kier alpha value is -0.660. The third kappa shape index (κ3) is 13.3. The maximum absolute atomic E-state index is 8.38. The maximum Gasteiger partial charge on any atom is 0.0948 e. The number of aliphatic hydroxyl groups is 1. The van der Waals surface area contributed by atoms with Gasteiger partial charge in [-0.15, -0.1) is 0 Å². The van der Waals surface area contributed by atoms with Gasteiger partial charge in [-0.3, -0.25) is 0 Å². The van der Waals surface area contributed by atoms with Gasteiger partial charge in [0.05, 0.1) is 6.26 Å². The van der Waals surface area contributed by atoms with Crippen LogP contribution < -0.4 is 5.32 Å². The monoisotopic (exact) mass is 227 g/mol. The van der Waals surface area contributed by atoms with Crippen molar-refractivity contribution in [3.63, 3.8) is 0 Å². The molecule has 0 fully saturated rings. The first-order valence-corrected chi connectivity index (χ1v) is 6.94. The summed E-state index contributed by atoms with van der Waals surface area (Å²) < 4.78 is 0. The molecule has 0 aromatic heterocycles. The molecule has 0 rings (SSSR count). The molecule has 0 aliphatic heterocycles. The van der Waals surface area contributed by atoms with E-state index in [0.29, 0.717) is 0 Å². The van der Waals surface area contributed by atoms with Crippen molar-refractivity contribution in [2.24, 2.45) is 0 Å². The largest absolute Gasteiger partial charge is 0.514 e. The van der Waals surface area contributed by atoms with E-state index in [4.69, 9.17) is 5.11 Å². The normalized spacial score (nSPS) is 11.1. The number of aliphatic hydroxyl groups excluding tert-OH is 1. The molecule has 0 aliphatic carbocycles. The zero-order valence-electron chi connectivity index (χ0n) is 10.9. The minimum atomic E-state index is 0.980. The summed E-state index contributed by atoms with van der Waals surface area (Å²) in [7, 11) is 0. The van der Waals surface area contributed by atoms with Crippen molar-refractivity contribution in [3.8, 4) is 0 Å². The lowest BCUT2D eigenvalue weighted by Gasteiger charge is -2.02. The second kappa shape index (κ2) is 14.3. The Balaban J connectivity index is 2.88. The summed E-state index contributed by atoms with van der Waals surface area (Å²) in [6.07, 6.45) is 16.3. The van der Waals surface area contributed by atoms with Gasteiger partial charge in [0.15, 0.2) is 0 Å². The smallest absolute Gasteiger partial charge is 0.0948 e. The maximum atomic E-state index is 8.38. The third-order valence-corrected chi connectivity index (χ3v) is 2.87. The summed E-state index contributed by atoms with van der Waals surface area (Å²) in [5.41, 5.74) is 0. The summed E-state index contributed by atoms with van der Waals surface area (Å²) in [6.45, 7) is 3.24. The van der Waals surface area contributed by atoms with Crippen molar-refractivity contribution in [3.05, 3.63) is 12.5 Å². The molecule has 0 aromatic rings. The van der Waals surface area contributed by atoms with Gasteiger partial charge in [-0.25, -0.2) is 0 Å². The summed E-state index contributed by atoms with van der Waals surface area (Å²) in [5.74, 6) is 0. The molecule has 0 aromatic carbocycles. The van der Waals surface area contributed by atoms with Gasteiger partial charge in [-0.05, 0) is 6.42 Å². The molecule has 0 heterocycles. The second-order valence-electron chi connectivity index (χ2n) is 4.45. The van der Waals surface area contributed by atoms with Gasteiger partial charge in [-0.2, -0.15) is 0 Å². The lowest BCUT2D eigenvalue weighted by Crippen LogP contribution is -2.06. The molecule has 2 heteroatoms. The Labute approximate surface area is 101 Å². The van der Waals surface area contributed by atoms with E-state index in [0.717, 1.165) is 12.8 Å². The van der Waals surface area contributed by atoms with Crippen molar-refractivity contribution in [2.45, 2.75) is 71.1 Å². The molecular weight excluding hydrogens is 198 g/mol. The zero-order chi connectivity index (χ0) is 11.9. The Morgan fingerprint density at radius 2 is 1.31 bits per heavy atom. The van der Waals surface area contributed by atoms with Crippen LogP contribution in [-0.2, 0) is 0 Å². The molecule has 0 unspecified atom stereocenters. The number of unbranched alkanes of at least 4 members (excludes halogenated alkanes) is 9. The molecule has 96 valence electrons. The van der Waals surface area contributed by atoms with Gasteiger partial charge < -0.3 is 10.4 Å². The highest BCUT2D eigenvalue weighted by Gasteiger charge is 1.91. The van der Waals surface area contributed by atoms with E-state index in [1.807, 2.05) is 0 Å². The first-order valence-electron chi connectivity index (χ1n) is 6.94. The molecule has 2 N–H and O–H groups in total. The van der Waals surface area contributed by atoms with E-state index in [1.165, 1.54) is 64.2 Å². The Morgan fingerprint density at radius 1 is 0.812 bits per heavy atom. The number of rotatable bonds is 12. The van der Waals surface area contributed by atoms with Crippen molar-refractivity contribution in [1.82, 2.24) is 5.32 Å². The van der Waals surface area contributed by atoms with Crippen LogP contribution in [0.5, 0.6) is 0 Å². The van der Waals surface area contributed by atoms with Gasteiger partial charge >= 0.3 is 0 Å². The van der Waals surface area contributed by atoms with Crippen LogP contribution in [0.2, 0.25) is 0 Å². The van der Waals surface area contributed by atoms with Crippen LogP contribution in [0.15, 0.2) is 12.5 Å². The fourth-order valence-electron chi connectivity index (χ4n) is 1.85. The highest BCUT2D eigenvalue weighted by molar-refractivity contribution is 4.67. The summed E-state index contributed by atoms with van der Waals surface area (Å²) in [6, 6.07) is 0. The highest BCUT2D eigenvalue weighted by atomic mass is 16.2. The van der Waals surface area contributed by atoms with Crippen molar-refractivity contribution in [1.29, 1.82) is 0 Å². The predicted octanol–water partition coefficient (Wildman–Crippen LogP) is 4.53. The van der Waals surface area contributed by atoms with Crippen LogP contribution in [0, 0.1) is 0 Å². The Morgan fingerprint density at radius 3 is 1.81 bits per heavy atom. The fourth-order valence-corrected chi connectivity index (χ4v) is 1.85. The Kier molecular flexibility index (Phi) is 13.7. The standard InChI is InChI=1S/C14H29NO/c1-2-3-4-5-6-7-8-9-10-11-12-15-13-14-16/h13-16H,2-12H2,1H3. The fraction of sp³-hybridized carbons (Fsp3) is 0.857. The topological polar surface area (TPSA) is 32.3 Å². The number of nitrogens with one attached hydrogen (secondary N) is 1.